The van der Waals surface area contributed by atoms with Gasteiger partial charge in [0.25, 0.3) is 11.5 Å². The van der Waals surface area contributed by atoms with E-state index in [1.54, 1.807) is 24.3 Å². The van der Waals surface area contributed by atoms with Gasteiger partial charge in [-0.15, -0.1) is 0 Å². The lowest BCUT2D eigenvalue weighted by Gasteiger charge is -2.21. The first kappa shape index (κ1) is 24.0. The third-order valence-corrected chi connectivity index (χ3v) is 7.16. The third kappa shape index (κ3) is 4.58. The monoisotopic (exact) mass is 494 g/mol. The minimum absolute atomic E-state index is 0.00968. The molecule has 1 amide bonds. The molecule has 2 aromatic heterocycles. The number of carbonyl (C=O) groups excluding carboxylic acids is 1. The molecule has 1 saturated heterocycles. The maximum atomic E-state index is 13.5. The van der Waals surface area contributed by atoms with E-state index in [9.17, 15) is 9.59 Å². The van der Waals surface area contributed by atoms with Crippen LogP contribution in [0.2, 0.25) is 0 Å². The van der Waals surface area contributed by atoms with Crippen molar-refractivity contribution in [1.29, 1.82) is 0 Å². The van der Waals surface area contributed by atoms with Gasteiger partial charge in [0.2, 0.25) is 0 Å². The fourth-order valence-electron chi connectivity index (χ4n) is 3.68. The van der Waals surface area contributed by atoms with Gasteiger partial charge in [-0.3, -0.25) is 18.9 Å². The number of methoxy groups -OCH3 is 1. The van der Waals surface area contributed by atoms with Gasteiger partial charge in [-0.05, 0) is 55.7 Å². The number of nitrogens with zero attached hydrogens (tertiary/aromatic N) is 3. The molecule has 0 bridgehead atoms. The van der Waals surface area contributed by atoms with E-state index in [1.165, 1.54) is 16.2 Å². The predicted octanol–water partition coefficient (Wildman–Crippen LogP) is 4.62. The van der Waals surface area contributed by atoms with Crippen LogP contribution >= 0.6 is 24.0 Å². The zero-order valence-corrected chi connectivity index (χ0v) is 21.1. The number of hydrogen-bond acceptors (Lipinski definition) is 7. The van der Waals surface area contributed by atoms with Crippen molar-refractivity contribution in [3.63, 3.8) is 0 Å². The lowest BCUT2D eigenvalue weighted by Crippen LogP contribution is -2.36. The number of thiocarbonyl (C=S) groups is 1. The highest BCUT2D eigenvalue weighted by molar-refractivity contribution is 8.26. The molecule has 1 aliphatic rings. The zero-order valence-electron chi connectivity index (χ0n) is 19.5. The molecule has 1 aliphatic heterocycles. The van der Waals surface area contributed by atoms with E-state index in [-0.39, 0.29) is 17.5 Å². The molecule has 1 N–H and O–H groups in total. The fraction of sp³-hybridized carbons (Fsp3) is 0.280. The summed E-state index contributed by atoms with van der Waals surface area (Å²) in [6, 6.07) is 11.4. The van der Waals surface area contributed by atoms with Gasteiger partial charge in [0, 0.05) is 18.8 Å². The molecule has 1 fully saturated rings. The summed E-state index contributed by atoms with van der Waals surface area (Å²) >= 11 is 6.67. The van der Waals surface area contributed by atoms with Crippen molar-refractivity contribution < 1.29 is 9.53 Å². The highest BCUT2D eigenvalue weighted by Crippen LogP contribution is 2.35. The Bertz CT molecular complexity index is 1350. The van der Waals surface area contributed by atoms with E-state index >= 15 is 0 Å². The van der Waals surface area contributed by atoms with Crippen LogP contribution in [0.15, 0.2) is 52.3 Å². The molecule has 0 aliphatic carbocycles. The first-order valence-electron chi connectivity index (χ1n) is 11.0. The van der Waals surface area contributed by atoms with Gasteiger partial charge in [-0.1, -0.05) is 49.1 Å². The minimum atomic E-state index is -0.250. The highest BCUT2D eigenvalue weighted by atomic mass is 32.2. The topological polar surface area (TPSA) is 75.9 Å². The van der Waals surface area contributed by atoms with Crippen molar-refractivity contribution in [1.82, 2.24) is 14.3 Å². The van der Waals surface area contributed by atoms with Crippen LogP contribution in [0.3, 0.4) is 0 Å². The molecule has 4 rings (SSSR count). The molecule has 0 saturated carbocycles. The summed E-state index contributed by atoms with van der Waals surface area (Å²) in [5.41, 5.74) is 2.51. The number of amides is 1. The van der Waals surface area contributed by atoms with Crippen LogP contribution in [-0.2, 0) is 11.3 Å². The number of fused-ring (bicyclic) bond motifs is 1. The van der Waals surface area contributed by atoms with Gasteiger partial charge in [0.05, 0.1) is 17.6 Å². The lowest BCUT2D eigenvalue weighted by molar-refractivity contribution is -0.123. The van der Waals surface area contributed by atoms with E-state index in [2.05, 4.69) is 5.32 Å². The highest BCUT2D eigenvalue weighted by Gasteiger charge is 2.35. The standard InChI is InChI=1S/C25H26N4O3S2/c1-5-16(3)29-24(31)20(34-25(29)33)13-19-21(26-14-17-8-10-18(32-4)11-9-17)27-22-15(2)7-6-12-28(22)23(19)30/h6-13,16,26H,5,14H2,1-4H3/b20-13-/t16-/m0/s1. The molecule has 0 spiro atoms. The number of pyridine rings is 1. The molecule has 0 unspecified atom stereocenters. The average molecular weight is 495 g/mol. The maximum Gasteiger partial charge on any atom is 0.267 e. The van der Waals surface area contributed by atoms with Gasteiger partial charge >= 0.3 is 0 Å². The van der Waals surface area contributed by atoms with Crippen molar-refractivity contribution in [3.05, 3.63) is 74.5 Å². The Morgan fingerprint density at radius 3 is 2.65 bits per heavy atom. The van der Waals surface area contributed by atoms with Crippen LogP contribution in [-0.4, -0.2) is 37.7 Å². The van der Waals surface area contributed by atoms with Crippen molar-refractivity contribution in [3.8, 4) is 5.75 Å². The normalized spacial score (nSPS) is 15.9. The molecule has 1 atom stereocenters. The number of nitrogens with one attached hydrogen (secondary N) is 1. The molecule has 9 heteroatoms. The van der Waals surface area contributed by atoms with Gasteiger partial charge in [-0.25, -0.2) is 4.98 Å². The largest absolute Gasteiger partial charge is 0.497 e. The van der Waals surface area contributed by atoms with Crippen molar-refractivity contribution in [2.24, 2.45) is 0 Å². The molecule has 3 heterocycles. The zero-order chi connectivity index (χ0) is 24.4. The number of rotatable bonds is 7. The van der Waals surface area contributed by atoms with E-state index in [4.69, 9.17) is 21.9 Å². The Labute approximate surface area is 207 Å². The summed E-state index contributed by atoms with van der Waals surface area (Å²) < 4.78 is 7.23. The number of ether oxygens (including phenoxy) is 1. The summed E-state index contributed by atoms with van der Waals surface area (Å²) in [5, 5.41) is 3.30. The summed E-state index contributed by atoms with van der Waals surface area (Å²) in [5.74, 6) is 1.01. The van der Waals surface area contributed by atoms with Crippen LogP contribution in [0.1, 0.15) is 37.0 Å². The molecule has 1 aromatic carbocycles. The average Bonchev–Trinajstić information content (AvgIpc) is 3.12. The fourth-order valence-corrected chi connectivity index (χ4v) is 5.12. The first-order valence-corrected chi connectivity index (χ1v) is 12.2. The molecule has 34 heavy (non-hydrogen) atoms. The third-order valence-electron chi connectivity index (χ3n) is 5.83. The Kier molecular flexibility index (Phi) is 7.04. The van der Waals surface area contributed by atoms with E-state index in [0.29, 0.717) is 32.8 Å². The van der Waals surface area contributed by atoms with Crippen LogP contribution in [0.5, 0.6) is 5.75 Å². The molecule has 3 aromatic rings. The van der Waals surface area contributed by atoms with Crippen LogP contribution in [0, 0.1) is 6.92 Å². The molecular weight excluding hydrogens is 468 g/mol. The van der Waals surface area contributed by atoms with Crippen molar-refractivity contribution in [2.75, 3.05) is 12.4 Å². The lowest BCUT2D eigenvalue weighted by atomic mass is 10.2. The number of carbonyl (C=O) groups is 1. The number of thioether (sulfide) groups is 1. The summed E-state index contributed by atoms with van der Waals surface area (Å²) in [6.07, 6.45) is 4.09. The van der Waals surface area contributed by atoms with Gasteiger partial charge in [-0.2, -0.15) is 0 Å². The number of benzene rings is 1. The van der Waals surface area contributed by atoms with Gasteiger partial charge in [0.15, 0.2) is 0 Å². The van der Waals surface area contributed by atoms with Gasteiger partial charge in [0.1, 0.15) is 21.5 Å². The van der Waals surface area contributed by atoms with E-state index < -0.39 is 0 Å². The number of aromatic nitrogens is 2. The Hall–Kier alpha value is -3.17. The molecular formula is C25H26N4O3S2. The van der Waals surface area contributed by atoms with Crippen molar-refractivity contribution in [2.45, 2.75) is 39.8 Å². The summed E-state index contributed by atoms with van der Waals surface area (Å²) in [7, 11) is 1.62. The maximum absolute atomic E-state index is 13.5. The Balaban J connectivity index is 1.77. The summed E-state index contributed by atoms with van der Waals surface area (Å²) in [4.78, 5) is 33.4. The second kappa shape index (κ2) is 9.99. The molecule has 0 radical (unpaired) electrons. The van der Waals surface area contributed by atoms with Crippen molar-refractivity contribution >= 4 is 51.7 Å². The predicted molar refractivity (Wildman–Crippen MR) is 141 cm³/mol. The number of anilines is 1. The second-order valence-corrected chi connectivity index (χ2v) is 9.75. The number of hydrogen-bond donors (Lipinski definition) is 1. The Morgan fingerprint density at radius 2 is 1.97 bits per heavy atom. The molecule has 7 nitrogen and oxygen atoms in total. The quantitative estimate of drug-likeness (QED) is 0.379. The smallest absolute Gasteiger partial charge is 0.267 e. The van der Waals surface area contributed by atoms with Crippen LogP contribution in [0.4, 0.5) is 5.82 Å². The van der Waals surface area contributed by atoms with Crippen LogP contribution in [0.25, 0.3) is 11.7 Å². The molecule has 176 valence electrons. The van der Waals surface area contributed by atoms with E-state index in [1.807, 2.05) is 57.2 Å². The summed E-state index contributed by atoms with van der Waals surface area (Å²) in [6.45, 7) is 6.33. The Morgan fingerprint density at radius 1 is 1.24 bits per heavy atom. The van der Waals surface area contributed by atoms with Crippen LogP contribution < -0.4 is 15.6 Å². The SMILES string of the molecule is CC[C@H](C)N1C(=O)/C(=C/c2c(NCc3ccc(OC)cc3)nc3c(C)cccn3c2=O)SC1=S. The first-order chi connectivity index (χ1) is 16.3. The number of aryl methyl sites for hydroxylation is 1. The van der Waals surface area contributed by atoms with E-state index in [0.717, 1.165) is 23.3 Å². The minimum Gasteiger partial charge on any atom is -0.497 e. The second-order valence-electron chi connectivity index (χ2n) is 8.07. The van der Waals surface area contributed by atoms with Gasteiger partial charge < -0.3 is 10.1 Å².